The number of hydrogen-bond donors (Lipinski definition) is 1. The van der Waals surface area contributed by atoms with Gasteiger partial charge in [0.15, 0.2) is 11.5 Å². The Morgan fingerprint density at radius 1 is 0.825 bits per heavy atom. The monoisotopic (exact) mass is 545 g/mol. The van der Waals surface area contributed by atoms with Crippen molar-refractivity contribution in [1.82, 2.24) is 0 Å². The van der Waals surface area contributed by atoms with Crippen LogP contribution in [0.5, 0.6) is 23.0 Å². The molecule has 0 aliphatic carbocycles. The molecule has 0 radical (unpaired) electrons. The fourth-order valence-electron chi connectivity index (χ4n) is 4.98. The second-order valence-electron chi connectivity index (χ2n) is 9.33. The summed E-state index contributed by atoms with van der Waals surface area (Å²) in [6.07, 6.45) is 0. The molecule has 1 unspecified atom stereocenters. The topological polar surface area (TPSA) is 94.5 Å². The molecular formula is C32H35NO7. The Hall–Kier alpha value is -4.46. The first-order valence-corrected chi connectivity index (χ1v) is 13.3. The summed E-state index contributed by atoms with van der Waals surface area (Å²) in [5.74, 6) is 0.00194. The average molecular weight is 546 g/mol. The van der Waals surface area contributed by atoms with Crippen molar-refractivity contribution in [3.8, 4) is 23.0 Å². The van der Waals surface area contributed by atoms with Crippen LogP contribution >= 0.6 is 0 Å². The number of aliphatic hydroxyl groups excluding tert-OH is 1. The first-order chi connectivity index (χ1) is 19.2. The van der Waals surface area contributed by atoms with Crippen LogP contribution < -0.4 is 23.8 Å². The van der Waals surface area contributed by atoms with Gasteiger partial charge >= 0.3 is 0 Å². The fraction of sp³-hybridized carbons (Fsp3) is 0.312. The molecule has 8 nitrogen and oxygen atoms in total. The predicted molar refractivity (Wildman–Crippen MR) is 154 cm³/mol. The van der Waals surface area contributed by atoms with Gasteiger partial charge in [-0.1, -0.05) is 23.8 Å². The molecule has 8 heteroatoms. The zero-order valence-electron chi connectivity index (χ0n) is 23.7. The molecule has 1 N–H and O–H groups in total. The summed E-state index contributed by atoms with van der Waals surface area (Å²) in [7, 11) is 1.54. The van der Waals surface area contributed by atoms with Crippen LogP contribution in [0.1, 0.15) is 49.1 Å². The van der Waals surface area contributed by atoms with Crippen molar-refractivity contribution in [3.63, 3.8) is 0 Å². The average Bonchev–Trinajstić information content (AvgIpc) is 3.19. The first kappa shape index (κ1) is 28.5. The third-order valence-corrected chi connectivity index (χ3v) is 6.68. The van der Waals surface area contributed by atoms with Gasteiger partial charge in [-0.05, 0) is 76.1 Å². The molecule has 1 fully saturated rings. The summed E-state index contributed by atoms with van der Waals surface area (Å²) in [6.45, 7) is 10.6. The lowest BCUT2D eigenvalue weighted by Crippen LogP contribution is -2.30. The summed E-state index contributed by atoms with van der Waals surface area (Å²) in [5, 5.41) is 11.7. The van der Waals surface area contributed by atoms with Gasteiger partial charge < -0.3 is 24.1 Å². The molecule has 3 aromatic carbocycles. The third kappa shape index (κ3) is 5.34. The second-order valence-corrected chi connectivity index (χ2v) is 9.33. The first-order valence-electron chi connectivity index (χ1n) is 13.3. The zero-order valence-corrected chi connectivity index (χ0v) is 23.7. The lowest BCUT2D eigenvalue weighted by atomic mass is 9.94. The molecular weight excluding hydrogens is 510 g/mol. The smallest absolute Gasteiger partial charge is 0.300 e. The maximum absolute atomic E-state index is 13.7. The van der Waals surface area contributed by atoms with Crippen LogP contribution in [-0.2, 0) is 9.59 Å². The van der Waals surface area contributed by atoms with E-state index < -0.39 is 17.7 Å². The maximum atomic E-state index is 13.7. The van der Waals surface area contributed by atoms with E-state index in [4.69, 9.17) is 18.9 Å². The van der Waals surface area contributed by atoms with Crippen molar-refractivity contribution >= 4 is 23.1 Å². The van der Waals surface area contributed by atoms with Gasteiger partial charge in [0.25, 0.3) is 11.7 Å². The molecule has 0 aromatic heterocycles. The Morgan fingerprint density at radius 3 is 2.17 bits per heavy atom. The molecule has 1 atom stereocenters. The Kier molecular flexibility index (Phi) is 8.67. The van der Waals surface area contributed by atoms with E-state index in [-0.39, 0.29) is 16.9 Å². The van der Waals surface area contributed by atoms with Gasteiger partial charge in [0.2, 0.25) is 0 Å². The van der Waals surface area contributed by atoms with E-state index in [1.165, 1.54) is 4.90 Å². The number of benzene rings is 3. The van der Waals surface area contributed by atoms with Crippen molar-refractivity contribution < 1.29 is 33.6 Å². The summed E-state index contributed by atoms with van der Waals surface area (Å²) < 4.78 is 22.7. The predicted octanol–water partition coefficient (Wildman–Crippen LogP) is 6.13. The number of aryl methyl sites for hydroxylation is 2. The second kappa shape index (κ2) is 12.2. The molecule has 40 heavy (non-hydrogen) atoms. The molecule has 1 saturated heterocycles. The Morgan fingerprint density at radius 2 is 1.52 bits per heavy atom. The molecule has 1 aliphatic rings. The number of amides is 1. The molecule has 1 amide bonds. The van der Waals surface area contributed by atoms with Crippen molar-refractivity contribution in [2.45, 2.75) is 40.7 Å². The van der Waals surface area contributed by atoms with Gasteiger partial charge in [-0.2, -0.15) is 0 Å². The number of aliphatic hydroxyl groups is 1. The molecule has 0 spiro atoms. The molecule has 1 aliphatic heterocycles. The zero-order chi connectivity index (χ0) is 29.0. The standard InChI is InChI=1S/C32H35NO7/c1-7-38-22-12-13-23(26(18-22)39-8-2)30(34)28-29(21-11-15-25(37-6)27(17-21)40-9-3)33(32(36)31(28)35)24-14-10-19(4)16-20(24)5/h10-18,29,34H,7-9H2,1-6H3/b30-28+. The van der Waals surface area contributed by atoms with Gasteiger partial charge in [-0.15, -0.1) is 0 Å². The largest absolute Gasteiger partial charge is 0.507 e. The van der Waals surface area contributed by atoms with Gasteiger partial charge in [0.05, 0.1) is 44.1 Å². The highest BCUT2D eigenvalue weighted by atomic mass is 16.5. The number of carbonyl (C=O) groups is 2. The van der Waals surface area contributed by atoms with E-state index in [1.807, 2.05) is 52.8 Å². The minimum Gasteiger partial charge on any atom is -0.507 e. The number of ketones is 1. The van der Waals surface area contributed by atoms with Crippen molar-refractivity contribution in [1.29, 1.82) is 0 Å². The normalized spacial score (nSPS) is 16.2. The lowest BCUT2D eigenvalue weighted by Gasteiger charge is -2.27. The van der Waals surface area contributed by atoms with Crippen LogP contribution in [0, 0.1) is 13.8 Å². The third-order valence-electron chi connectivity index (χ3n) is 6.68. The number of ether oxygens (including phenoxy) is 4. The summed E-state index contributed by atoms with van der Waals surface area (Å²) in [6, 6.07) is 14.9. The molecule has 0 saturated carbocycles. The van der Waals surface area contributed by atoms with Crippen molar-refractivity contribution in [2.24, 2.45) is 0 Å². The van der Waals surface area contributed by atoms with Gasteiger partial charge in [-0.25, -0.2) is 0 Å². The van der Waals surface area contributed by atoms with E-state index in [0.717, 1.165) is 11.1 Å². The van der Waals surface area contributed by atoms with Gasteiger partial charge in [0.1, 0.15) is 17.3 Å². The number of hydrogen-bond acceptors (Lipinski definition) is 7. The van der Waals surface area contributed by atoms with Crippen LogP contribution in [0.3, 0.4) is 0 Å². The van der Waals surface area contributed by atoms with Crippen molar-refractivity contribution in [2.75, 3.05) is 31.8 Å². The fourth-order valence-corrected chi connectivity index (χ4v) is 4.98. The minimum atomic E-state index is -0.937. The SMILES string of the molecule is CCOc1ccc(/C(O)=C2\C(=O)C(=O)N(c3ccc(C)cc3C)C2c2ccc(OC)c(OCC)c2)c(OCC)c1. The van der Waals surface area contributed by atoms with Gasteiger partial charge in [-0.3, -0.25) is 14.5 Å². The molecule has 210 valence electrons. The number of nitrogens with zero attached hydrogens (tertiary/aromatic N) is 1. The van der Waals surface area contributed by atoms with Crippen molar-refractivity contribution in [3.05, 3.63) is 82.4 Å². The van der Waals surface area contributed by atoms with Gasteiger partial charge in [0, 0.05) is 11.8 Å². The highest BCUT2D eigenvalue weighted by molar-refractivity contribution is 6.51. The summed E-state index contributed by atoms with van der Waals surface area (Å²) in [5.41, 5.74) is 3.22. The van der Waals surface area contributed by atoms with Crippen LogP contribution in [0.25, 0.3) is 5.76 Å². The number of carbonyl (C=O) groups excluding carboxylic acids is 2. The molecule has 3 aromatic rings. The maximum Gasteiger partial charge on any atom is 0.300 e. The number of Topliss-reactive ketones (excluding diaryl/α,β-unsaturated/α-hetero) is 1. The van der Waals surface area contributed by atoms with E-state index in [0.29, 0.717) is 54.1 Å². The Labute approximate surface area is 234 Å². The highest BCUT2D eigenvalue weighted by Gasteiger charge is 2.47. The number of anilines is 1. The lowest BCUT2D eigenvalue weighted by molar-refractivity contribution is -0.132. The highest BCUT2D eigenvalue weighted by Crippen LogP contribution is 2.46. The Bertz CT molecular complexity index is 1460. The minimum absolute atomic E-state index is 0.0531. The van der Waals surface area contributed by atoms with E-state index in [9.17, 15) is 14.7 Å². The van der Waals surface area contributed by atoms with Crippen LogP contribution in [-0.4, -0.2) is 43.7 Å². The van der Waals surface area contributed by atoms with E-state index >= 15 is 0 Å². The number of methoxy groups -OCH3 is 1. The molecule has 0 bridgehead atoms. The summed E-state index contributed by atoms with van der Waals surface area (Å²) in [4.78, 5) is 28.8. The van der Waals surface area contributed by atoms with Crippen LogP contribution in [0.15, 0.2) is 60.2 Å². The van der Waals surface area contributed by atoms with Crippen LogP contribution in [0.2, 0.25) is 0 Å². The van der Waals surface area contributed by atoms with E-state index in [1.54, 1.807) is 43.5 Å². The quantitative estimate of drug-likeness (QED) is 0.186. The molecule has 4 rings (SSSR count). The van der Waals surface area contributed by atoms with Crippen LogP contribution in [0.4, 0.5) is 5.69 Å². The molecule has 1 heterocycles. The summed E-state index contributed by atoms with van der Waals surface area (Å²) >= 11 is 0. The number of rotatable bonds is 10. The Balaban J connectivity index is 1.99. The van der Waals surface area contributed by atoms with E-state index in [2.05, 4.69) is 0 Å².